The molecule has 1 heterocycles. The molecule has 1 aromatic heterocycles. The molecule has 0 N–H and O–H groups in total. The van der Waals surface area contributed by atoms with E-state index >= 15 is 0 Å². The number of esters is 1. The molecule has 0 fully saturated rings. The Morgan fingerprint density at radius 1 is 1.50 bits per heavy atom. The summed E-state index contributed by atoms with van der Waals surface area (Å²) in [7, 11) is 1.32. The summed E-state index contributed by atoms with van der Waals surface area (Å²) in [5, 5.41) is 0. The van der Waals surface area contributed by atoms with Gasteiger partial charge in [-0.3, -0.25) is 0 Å². The third-order valence-corrected chi connectivity index (χ3v) is 1.64. The predicted octanol–water partition coefficient (Wildman–Crippen LogP) is 1.99. The molecule has 4 heteroatoms. The van der Waals surface area contributed by atoms with Gasteiger partial charge < -0.3 is 13.9 Å². The van der Waals surface area contributed by atoms with Gasteiger partial charge in [0.1, 0.15) is 12.4 Å². The third kappa shape index (κ3) is 2.88. The van der Waals surface area contributed by atoms with Crippen LogP contribution in [0.25, 0.3) is 0 Å². The average Bonchev–Trinajstić information content (AvgIpc) is 2.66. The summed E-state index contributed by atoms with van der Waals surface area (Å²) in [6.07, 6.45) is 0.963. The lowest BCUT2D eigenvalue weighted by atomic mass is 10.4. The summed E-state index contributed by atoms with van der Waals surface area (Å²) >= 11 is 0. The van der Waals surface area contributed by atoms with Gasteiger partial charge in [0.05, 0.1) is 7.11 Å². The standard InChI is InChI=1S/C10H14O4/c1-3-6-13-7-8-4-5-9(14-8)10(11)12-2/h4-5H,3,6-7H2,1-2H3. The first-order valence-corrected chi connectivity index (χ1v) is 4.52. The van der Waals surface area contributed by atoms with Crippen molar-refractivity contribution in [3.05, 3.63) is 23.7 Å². The molecule has 0 bridgehead atoms. The van der Waals surface area contributed by atoms with E-state index in [9.17, 15) is 4.79 Å². The number of carbonyl (C=O) groups excluding carboxylic acids is 1. The Hall–Kier alpha value is -1.29. The van der Waals surface area contributed by atoms with E-state index in [0.29, 0.717) is 19.0 Å². The number of hydrogen-bond acceptors (Lipinski definition) is 4. The number of furan rings is 1. The summed E-state index contributed by atoms with van der Waals surface area (Å²) in [6.45, 7) is 3.11. The minimum atomic E-state index is -0.466. The van der Waals surface area contributed by atoms with Gasteiger partial charge in [0, 0.05) is 6.61 Å². The minimum Gasteiger partial charge on any atom is -0.463 e. The highest BCUT2D eigenvalue weighted by Crippen LogP contribution is 2.10. The van der Waals surface area contributed by atoms with E-state index in [1.54, 1.807) is 12.1 Å². The van der Waals surface area contributed by atoms with E-state index in [4.69, 9.17) is 9.15 Å². The molecule has 0 spiro atoms. The molecule has 0 aromatic carbocycles. The molecule has 0 aliphatic heterocycles. The van der Waals surface area contributed by atoms with Gasteiger partial charge in [-0.25, -0.2) is 4.79 Å². The zero-order valence-electron chi connectivity index (χ0n) is 8.41. The lowest BCUT2D eigenvalue weighted by molar-refractivity contribution is 0.0552. The summed E-state index contributed by atoms with van der Waals surface area (Å²) in [4.78, 5) is 11.0. The van der Waals surface area contributed by atoms with Crippen LogP contribution in [-0.2, 0) is 16.1 Å². The number of ether oxygens (including phenoxy) is 2. The summed E-state index contributed by atoms with van der Waals surface area (Å²) in [5.74, 6) is 0.383. The summed E-state index contributed by atoms with van der Waals surface area (Å²) in [5.41, 5.74) is 0. The highest BCUT2D eigenvalue weighted by atomic mass is 16.5. The molecular formula is C10H14O4. The first kappa shape index (κ1) is 10.8. The van der Waals surface area contributed by atoms with Crippen LogP contribution in [-0.4, -0.2) is 19.7 Å². The normalized spacial score (nSPS) is 10.1. The predicted molar refractivity (Wildman–Crippen MR) is 50.0 cm³/mol. The van der Waals surface area contributed by atoms with E-state index in [-0.39, 0.29) is 5.76 Å². The van der Waals surface area contributed by atoms with E-state index in [1.807, 2.05) is 6.92 Å². The Labute approximate surface area is 82.8 Å². The molecule has 14 heavy (non-hydrogen) atoms. The fourth-order valence-corrected chi connectivity index (χ4v) is 0.983. The molecule has 0 saturated heterocycles. The van der Waals surface area contributed by atoms with Crippen molar-refractivity contribution in [1.82, 2.24) is 0 Å². The topological polar surface area (TPSA) is 48.7 Å². The first-order chi connectivity index (χ1) is 6.77. The van der Waals surface area contributed by atoms with Gasteiger partial charge in [0.2, 0.25) is 5.76 Å². The maximum absolute atomic E-state index is 11.0. The number of rotatable bonds is 5. The van der Waals surface area contributed by atoms with Crippen LogP contribution in [0.1, 0.15) is 29.7 Å². The molecule has 78 valence electrons. The van der Waals surface area contributed by atoms with Crippen molar-refractivity contribution in [3.63, 3.8) is 0 Å². The van der Waals surface area contributed by atoms with Crippen LogP contribution in [0.15, 0.2) is 16.5 Å². The molecule has 0 aliphatic carbocycles. The molecule has 0 saturated carbocycles. The van der Waals surface area contributed by atoms with E-state index in [2.05, 4.69) is 4.74 Å². The Morgan fingerprint density at radius 3 is 2.93 bits per heavy atom. The second-order valence-electron chi connectivity index (χ2n) is 2.81. The van der Waals surface area contributed by atoms with E-state index in [0.717, 1.165) is 6.42 Å². The molecule has 0 atom stereocenters. The maximum atomic E-state index is 11.0. The van der Waals surface area contributed by atoms with Crippen molar-refractivity contribution < 1.29 is 18.7 Å². The first-order valence-electron chi connectivity index (χ1n) is 4.52. The van der Waals surface area contributed by atoms with Gasteiger partial charge in [0.15, 0.2) is 0 Å². The second kappa shape index (κ2) is 5.44. The Bertz CT molecular complexity index is 290. The van der Waals surface area contributed by atoms with Crippen molar-refractivity contribution in [3.8, 4) is 0 Å². The van der Waals surface area contributed by atoms with Gasteiger partial charge in [-0.2, -0.15) is 0 Å². The van der Waals surface area contributed by atoms with Crippen LogP contribution in [0.5, 0.6) is 0 Å². The fourth-order valence-electron chi connectivity index (χ4n) is 0.983. The Kier molecular flexibility index (Phi) is 4.19. The molecular weight excluding hydrogens is 184 g/mol. The van der Waals surface area contributed by atoms with Crippen LogP contribution in [0.2, 0.25) is 0 Å². The van der Waals surface area contributed by atoms with Gasteiger partial charge in [-0.1, -0.05) is 6.92 Å². The number of hydrogen-bond donors (Lipinski definition) is 0. The number of carbonyl (C=O) groups is 1. The molecule has 0 amide bonds. The second-order valence-corrected chi connectivity index (χ2v) is 2.81. The minimum absolute atomic E-state index is 0.211. The maximum Gasteiger partial charge on any atom is 0.373 e. The lowest BCUT2D eigenvalue weighted by Crippen LogP contribution is -1.98. The monoisotopic (exact) mass is 198 g/mol. The van der Waals surface area contributed by atoms with Gasteiger partial charge >= 0.3 is 5.97 Å². The molecule has 0 aliphatic rings. The molecule has 0 unspecified atom stereocenters. The molecule has 4 nitrogen and oxygen atoms in total. The quantitative estimate of drug-likeness (QED) is 0.536. The Balaban J connectivity index is 2.46. The fraction of sp³-hybridized carbons (Fsp3) is 0.500. The highest BCUT2D eigenvalue weighted by molar-refractivity contribution is 5.86. The highest BCUT2D eigenvalue weighted by Gasteiger charge is 2.10. The van der Waals surface area contributed by atoms with E-state index < -0.39 is 5.97 Å². The zero-order chi connectivity index (χ0) is 10.4. The Morgan fingerprint density at radius 2 is 2.29 bits per heavy atom. The van der Waals surface area contributed by atoms with Crippen molar-refractivity contribution in [1.29, 1.82) is 0 Å². The zero-order valence-corrected chi connectivity index (χ0v) is 8.41. The van der Waals surface area contributed by atoms with Gasteiger partial charge in [0.25, 0.3) is 0 Å². The van der Waals surface area contributed by atoms with Gasteiger partial charge in [-0.05, 0) is 18.6 Å². The van der Waals surface area contributed by atoms with E-state index in [1.165, 1.54) is 7.11 Å². The van der Waals surface area contributed by atoms with Crippen molar-refractivity contribution in [2.45, 2.75) is 20.0 Å². The largest absolute Gasteiger partial charge is 0.463 e. The van der Waals surface area contributed by atoms with Crippen LogP contribution >= 0.6 is 0 Å². The third-order valence-electron chi connectivity index (χ3n) is 1.64. The van der Waals surface area contributed by atoms with Crippen molar-refractivity contribution in [2.75, 3.05) is 13.7 Å². The van der Waals surface area contributed by atoms with Crippen LogP contribution in [0.4, 0.5) is 0 Å². The molecule has 1 rings (SSSR count). The average molecular weight is 198 g/mol. The molecule has 0 radical (unpaired) electrons. The van der Waals surface area contributed by atoms with Crippen LogP contribution in [0.3, 0.4) is 0 Å². The van der Waals surface area contributed by atoms with Crippen molar-refractivity contribution in [2.24, 2.45) is 0 Å². The summed E-state index contributed by atoms with van der Waals surface area (Å²) in [6, 6.07) is 3.29. The smallest absolute Gasteiger partial charge is 0.373 e. The lowest BCUT2D eigenvalue weighted by Gasteiger charge is -1.98. The van der Waals surface area contributed by atoms with Crippen molar-refractivity contribution >= 4 is 5.97 Å². The SMILES string of the molecule is CCCOCc1ccc(C(=O)OC)o1. The van der Waals surface area contributed by atoms with Crippen LogP contribution < -0.4 is 0 Å². The van der Waals surface area contributed by atoms with Crippen LogP contribution in [0, 0.1) is 0 Å². The number of methoxy groups -OCH3 is 1. The molecule has 1 aromatic rings. The summed E-state index contributed by atoms with van der Waals surface area (Å²) < 4.78 is 14.9. The van der Waals surface area contributed by atoms with Gasteiger partial charge in [-0.15, -0.1) is 0 Å².